The molecule has 0 amide bonds. The third kappa shape index (κ3) is 3.51. The van der Waals surface area contributed by atoms with E-state index >= 15 is 0 Å². The summed E-state index contributed by atoms with van der Waals surface area (Å²) in [5.41, 5.74) is 3.80. The molecule has 0 spiro atoms. The quantitative estimate of drug-likeness (QED) is 0.722. The molecule has 116 valence electrons. The van der Waals surface area contributed by atoms with Crippen LogP contribution in [0.15, 0.2) is 59.4 Å². The van der Waals surface area contributed by atoms with E-state index < -0.39 is 0 Å². The van der Waals surface area contributed by atoms with Crippen LogP contribution in [0.25, 0.3) is 11.4 Å². The maximum absolute atomic E-state index is 12.5. The number of halogens is 1. The highest BCUT2D eigenvalue weighted by atomic mass is 35.5. The number of hydrogen-bond donors (Lipinski definition) is 0. The Bertz CT molecular complexity index is 881. The fourth-order valence-corrected chi connectivity index (χ4v) is 2.59. The van der Waals surface area contributed by atoms with E-state index in [1.807, 2.05) is 62.4 Å². The zero-order valence-electron chi connectivity index (χ0n) is 13.1. The van der Waals surface area contributed by atoms with Gasteiger partial charge in [0.25, 0.3) is 5.56 Å². The molecule has 0 aliphatic heterocycles. The van der Waals surface area contributed by atoms with Crippen LogP contribution in [0.3, 0.4) is 0 Å². The molecular formula is C19H17ClN2O. The lowest BCUT2D eigenvalue weighted by Crippen LogP contribution is -2.23. The molecule has 23 heavy (non-hydrogen) atoms. The summed E-state index contributed by atoms with van der Waals surface area (Å²) >= 11 is 5.96. The maximum atomic E-state index is 12.5. The molecule has 2 aromatic carbocycles. The van der Waals surface area contributed by atoms with E-state index in [0.717, 1.165) is 11.1 Å². The molecule has 0 saturated heterocycles. The number of benzene rings is 2. The molecule has 0 unspecified atom stereocenters. The van der Waals surface area contributed by atoms with Gasteiger partial charge in [0.05, 0.1) is 6.54 Å². The summed E-state index contributed by atoms with van der Waals surface area (Å²) in [5, 5.41) is 0.661. The largest absolute Gasteiger partial charge is 0.288 e. The van der Waals surface area contributed by atoms with Crippen molar-refractivity contribution in [3.8, 4) is 11.4 Å². The second-order valence-electron chi connectivity index (χ2n) is 5.64. The Balaban J connectivity index is 2.10. The standard InChI is InChI=1S/C19H17ClN2O/c1-13-3-5-15(6-4-13)12-22-18(23)11-14(2)21-19(22)16-7-9-17(20)10-8-16/h3-11H,12H2,1-2H3. The summed E-state index contributed by atoms with van der Waals surface area (Å²) in [6.07, 6.45) is 0. The minimum absolute atomic E-state index is 0.0528. The molecule has 0 aliphatic rings. The first-order chi connectivity index (χ1) is 11.0. The van der Waals surface area contributed by atoms with Crippen molar-refractivity contribution in [2.24, 2.45) is 0 Å². The van der Waals surface area contributed by atoms with Crippen molar-refractivity contribution in [3.05, 3.63) is 86.8 Å². The molecule has 0 N–H and O–H groups in total. The predicted octanol–water partition coefficient (Wildman–Crippen LogP) is 4.23. The van der Waals surface area contributed by atoms with Gasteiger partial charge < -0.3 is 0 Å². The van der Waals surface area contributed by atoms with Gasteiger partial charge in [-0.15, -0.1) is 0 Å². The van der Waals surface area contributed by atoms with E-state index in [2.05, 4.69) is 4.98 Å². The van der Waals surface area contributed by atoms with Gasteiger partial charge >= 0.3 is 0 Å². The van der Waals surface area contributed by atoms with Crippen molar-refractivity contribution in [2.45, 2.75) is 20.4 Å². The summed E-state index contributed by atoms with van der Waals surface area (Å²) in [6, 6.07) is 17.1. The molecule has 0 saturated carbocycles. The zero-order valence-corrected chi connectivity index (χ0v) is 13.8. The molecule has 0 aliphatic carbocycles. The monoisotopic (exact) mass is 324 g/mol. The summed E-state index contributed by atoms with van der Waals surface area (Å²) in [7, 11) is 0. The van der Waals surface area contributed by atoms with Gasteiger partial charge in [0.2, 0.25) is 0 Å². The number of aryl methyl sites for hydroxylation is 2. The van der Waals surface area contributed by atoms with Gasteiger partial charge in [0.15, 0.2) is 0 Å². The Hall–Kier alpha value is -2.39. The average molecular weight is 325 g/mol. The highest BCUT2D eigenvalue weighted by molar-refractivity contribution is 6.30. The highest BCUT2D eigenvalue weighted by Gasteiger charge is 2.10. The molecule has 0 bridgehead atoms. The Labute approximate surface area is 140 Å². The maximum Gasteiger partial charge on any atom is 0.254 e. The lowest BCUT2D eigenvalue weighted by Gasteiger charge is -2.13. The summed E-state index contributed by atoms with van der Waals surface area (Å²) in [5.74, 6) is 0.659. The highest BCUT2D eigenvalue weighted by Crippen LogP contribution is 2.20. The first kappa shape index (κ1) is 15.5. The van der Waals surface area contributed by atoms with Gasteiger partial charge in [-0.2, -0.15) is 0 Å². The molecule has 0 radical (unpaired) electrons. The molecule has 3 rings (SSSR count). The fourth-order valence-electron chi connectivity index (χ4n) is 2.47. The van der Waals surface area contributed by atoms with E-state index in [1.54, 1.807) is 10.6 Å². The smallest absolute Gasteiger partial charge is 0.254 e. The van der Waals surface area contributed by atoms with E-state index in [-0.39, 0.29) is 5.56 Å². The number of aromatic nitrogens is 2. The number of hydrogen-bond acceptors (Lipinski definition) is 2. The van der Waals surface area contributed by atoms with Crippen LogP contribution in [0, 0.1) is 13.8 Å². The lowest BCUT2D eigenvalue weighted by atomic mass is 10.1. The van der Waals surface area contributed by atoms with Crippen LogP contribution in [-0.4, -0.2) is 9.55 Å². The molecular weight excluding hydrogens is 308 g/mol. The Morgan fingerprint density at radius 3 is 2.30 bits per heavy atom. The van der Waals surface area contributed by atoms with Crippen LogP contribution < -0.4 is 5.56 Å². The van der Waals surface area contributed by atoms with Gasteiger partial charge in [-0.05, 0) is 43.7 Å². The first-order valence-corrected chi connectivity index (χ1v) is 7.81. The van der Waals surface area contributed by atoms with E-state index in [4.69, 9.17) is 11.6 Å². The zero-order chi connectivity index (χ0) is 16.4. The summed E-state index contributed by atoms with van der Waals surface area (Å²) in [4.78, 5) is 17.0. The second kappa shape index (κ2) is 6.39. The van der Waals surface area contributed by atoms with Crippen molar-refractivity contribution in [3.63, 3.8) is 0 Å². The van der Waals surface area contributed by atoms with Crippen molar-refractivity contribution in [1.29, 1.82) is 0 Å². The molecule has 3 nitrogen and oxygen atoms in total. The summed E-state index contributed by atoms with van der Waals surface area (Å²) < 4.78 is 1.70. The predicted molar refractivity (Wildman–Crippen MR) is 94.0 cm³/mol. The van der Waals surface area contributed by atoms with Crippen LogP contribution in [0.5, 0.6) is 0 Å². The summed E-state index contributed by atoms with van der Waals surface area (Å²) in [6.45, 7) is 4.36. The Morgan fingerprint density at radius 1 is 1.00 bits per heavy atom. The van der Waals surface area contributed by atoms with Crippen molar-refractivity contribution in [2.75, 3.05) is 0 Å². The normalized spacial score (nSPS) is 10.7. The fraction of sp³-hybridized carbons (Fsp3) is 0.158. The van der Waals surface area contributed by atoms with Crippen LogP contribution in [0.2, 0.25) is 5.02 Å². The van der Waals surface area contributed by atoms with Crippen molar-refractivity contribution in [1.82, 2.24) is 9.55 Å². The molecule has 0 fully saturated rings. The molecule has 3 aromatic rings. The lowest BCUT2D eigenvalue weighted by molar-refractivity contribution is 0.742. The number of nitrogens with zero attached hydrogens (tertiary/aromatic N) is 2. The van der Waals surface area contributed by atoms with Gasteiger partial charge in [0.1, 0.15) is 5.82 Å². The minimum atomic E-state index is -0.0528. The van der Waals surface area contributed by atoms with Crippen LogP contribution in [-0.2, 0) is 6.54 Å². The second-order valence-corrected chi connectivity index (χ2v) is 6.07. The first-order valence-electron chi connectivity index (χ1n) is 7.43. The molecule has 1 aromatic heterocycles. The van der Waals surface area contributed by atoms with Gasteiger partial charge in [-0.25, -0.2) is 4.98 Å². The Kier molecular flexibility index (Phi) is 4.30. The van der Waals surface area contributed by atoms with Gasteiger partial charge in [0, 0.05) is 22.3 Å². The third-order valence-corrected chi connectivity index (χ3v) is 3.95. The molecule has 4 heteroatoms. The average Bonchev–Trinajstić information content (AvgIpc) is 2.52. The SMILES string of the molecule is Cc1ccc(Cn2c(-c3ccc(Cl)cc3)nc(C)cc2=O)cc1. The van der Waals surface area contributed by atoms with E-state index in [1.165, 1.54) is 5.56 Å². The van der Waals surface area contributed by atoms with Crippen LogP contribution in [0.4, 0.5) is 0 Å². The molecule has 0 atom stereocenters. The molecule has 1 heterocycles. The van der Waals surface area contributed by atoms with Crippen LogP contribution >= 0.6 is 11.6 Å². The minimum Gasteiger partial charge on any atom is -0.288 e. The number of rotatable bonds is 3. The Morgan fingerprint density at radius 2 is 1.65 bits per heavy atom. The van der Waals surface area contributed by atoms with Crippen molar-refractivity contribution < 1.29 is 0 Å². The topological polar surface area (TPSA) is 34.9 Å². The van der Waals surface area contributed by atoms with Crippen LogP contribution in [0.1, 0.15) is 16.8 Å². The third-order valence-electron chi connectivity index (χ3n) is 3.70. The van der Waals surface area contributed by atoms with E-state index in [0.29, 0.717) is 23.1 Å². The van der Waals surface area contributed by atoms with Gasteiger partial charge in [-0.3, -0.25) is 9.36 Å². The van der Waals surface area contributed by atoms with Crippen molar-refractivity contribution >= 4 is 11.6 Å². The van der Waals surface area contributed by atoms with Gasteiger partial charge in [-0.1, -0.05) is 41.4 Å². The van der Waals surface area contributed by atoms with E-state index in [9.17, 15) is 4.79 Å².